The summed E-state index contributed by atoms with van der Waals surface area (Å²) in [7, 11) is 1.89. The van der Waals surface area contributed by atoms with Crippen LogP contribution in [0, 0.1) is 6.92 Å². The molecule has 0 atom stereocenters. The lowest BCUT2D eigenvalue weighted by atomic mass is 10.3. The summed E-state index contributed by atoms with van der Waals surface area (Å²) in [5.41, 5.74) is 2.25. The van der Waals surface area contributed by atoms with Crippen molar-refractivity contribution in [3.63, 3.8) is 0 Å². The molecule has 0 aromatic carbocycles. The zero-order valence-electron chi connectivity index (χ0n) is 5.68. The van der Waals surface area contributed by atoms with Gasteiger partial charge in [0.15, 0.2) is 0 Å². The van der Waals surface area contributed by atoms with Crippen LogP contribution in [0.4, 0.5) is 5.69 Å². The molecule has 1 N–H and O–H groups in total. The van der Waals surface area contributed by atoms with Gasteiger partial charge in [-0.05, 0) is 18.6 Å². The second-order valence-electron chi connectivity index (χ2n) is 2.00. The fourth-order valence-electron chi connectivity index (χ4n) is 0.692. The van der Waals surface area contributed by atoms with Gasteiger partial charge in [0.25, 0.3) is 0 Å². The Hall–Kier alpha value is -1.05. The number of aromatic nitrogens is 1. The standard InChI is InChI=1S/C7H10N2/c1-6-3-7(8-2)5-9-4-6/h3-5,8H,1-2H3. The fraction of sp³-hybridized carbons (Fsp3) is 0.286. The lowest BCUT2D eigenvalue weighted by Crippen LogP contribution is -1.88. The topological polar surface area (TPSA) is 24.9 Å². The summed E-state index contributed by atoms with van der Waals surface area (Å²) in [6, 6.07) is 2.05. The molecule has 0 bridgehead atoms. The number of nitrogens with zero attached hydrogens (tertiary/aromatic N) is 1. The molecule has 1 aromatic heterocycles. The van der Waals surface area contributed by atoms with Crippen molar-refractivity contribution in [3.05, 3.63) is 24.0 Å². The van der Waals surface area contributed by atoms with Crippen LogP contribution in [-0.4, -0.2) is 12.0 Å². The van der Waals surface area contributed by atoms with Crippen molar-refractivity contribution in [2.24, 2.45) is 0 Å². The summed E-state index contributed by atoms with van der Waals surface area (Å²) in [5, 5.41) is 3.01. The summed E-state index contributed by atoms with van der Waals surface area (Å²) < 4.78 is 0. The van der Waals surface area contributed by atoms with Gasteiger partial charge in [0.2, 0.25) is 0 Å². The van der Waals surface area contributed by atoms with Gasteiger partial charge in [0.1, 0.15) is 0 Å². The number of anilines is 1. The van der Waals surface area contributed by atoms with Crippen LogP contribution in [0.15, 0.2) is 18.5 Å². The Morgan fingerprint density at radius 1 is 1.44 bits per heavy atom. The summed E-state index contributed by atoms with van der Waals surface area (Å²) in [6.07, 6.45) is 3.63. The first kappa shape index (κ1) is 6.08. The minimum Gasteiger partial charge on any atom is -0.387 e. The SMILES string of the molecule is CNc1cncc(C)c1. The maximum atomic E-state index is 3.99. The van der Waals surface area contributed by atoms with Crippen molar-refractivity contribution >= 4 is 5.69 Å². The van der Waals surface area contributed by atoms with Crippen LogP contribution in [0.5, 0.6) is 0 Å². The van der Waals surface area contributed by atoms with Crippen molar-refractivity contribution in [2.75, 3.05) is 12.4 Å². The molecule has 1 rings (SSSR count). The maximum absolute atomic E-state index is 3.99. The molecule has 0 radical (unpaired) electrons. The van der Waals surface area contributed by atoms with Gasteiger partial charge in [0.05, 0.1) is 5.69 Å². The molecule has 0 spiro atoms. The van der Waals surface area contributed by atoms with E-state index in [1.54, 1.807) is 6.20 Å². The second kappa shape index (κ2) is 2.49. The predicted molar refractivity (Wildman–Crippen MR) is 38.5 cm³/mol. The Balaban J connectivity index is 2.94. The first-order valence-electron chi connectivity index (χ1n) is 2.92. The molecule has 0 fully saturated rings. The lowest BCUT2D eigenvalue weighted by molar-refractivity contribution is 1.26. The van der Waals surface area contributed by atoms with Crippen molar-refractivity contribution in [1.82, 2.24) is 4.98 Å². The Bertz CT molecular complexity index is 196. The first-order chi connectivity index (χ1) is 4.33. The smallest absolute Gasteiger partial charge is 0.0526 e. The Morgan fingerprint density at radius 2 is 2.22 bits per heavy atom. The van der Waals surface area contributed by atoms with Crippen molar-refractivity contribution in [3.8, 4) is 0 Å². The Labute approximate surface area is 54.9 Å². The molecule has 1 heterocycles. The van der Waals surface area contributed by atoms with E-state index in [1.165, 1.54) is 5.56 Å². The Morgan fingerprint density at radius 3 is 2.67 bits per heavy atom. The molecule has 0 aliphatic rings. The zero-order valence-corrected chi connectivity index (χ0v) is 5.68. The van der Waals surface area contributed by atoms with E-state index in [0.29, 0.717) is 0 Å². The highest BCUT2D eigenvalue weighted by atomic mass is 14.8. The molecule has 1 aromatic rings. The van der Waals surface area contributed by atoms with Crippen LogP contribution in [-0.2, 0) is 0 Å². The predicted octanol–water partition coefficient (Wildman–Crippen LogP) is 1.43. The van der Waals surface area contributed by atoms with E-state index in [1.807, 2.05) is 26.2 Å². The third-order valence-corrected chi connectivity index (χ3v) is 1.16. The van der Waals surface area contributed by atoms with E-state index in [2.05, 4.69) is 10.3 Å². The summed E-state index contributed by atoms with van der Waals surface area (Å²) in [6.45, 7) is 2.02. The number of hydrogen-bond acceptors (Lipinski definition) is 2. The third kappa shape index (κ3) is 1.42. The van der Waals surface area contributed by atoms with Gasteiger partial charge in [-0.25, -0.2) is 0 Å². The highest BCUT2D eigenvalue weighted by molar-refractivity contribution is 5.41. The van der Waals surface area contributed by atoms with E-state index < -0.39 is 0 Å². The van der Waals surface area contributed by atoms with Crippen molar-refractivity contribution in [2.45, 2.75) is 6.92 Å². The molecule has 0 saturated carbocycles. The zero-order chi connectivity index (χ0) is 6.69. The monoisotopic (exact) mass is 122 g/mol. The fourth-order valence-corrected chi connectivity index (χ4v) is 0.692. The molecule has 2 nitrogen and oxygen atoms in total. The van der Waals surface area contributed by atoms with Crippen molar-refractivity contribution in [1.29, 1.82) is 0 Å². The second-order valence-corrected chi connectivity index (χ2v) is 2.00. The highest BCUT2D eigenvalue weighted by Gasteiger charge is 1.86. The van der Waals surface area contributed by atoms with Gasteiger partial charge < -0.3 is 5.32 Å². The van der Waals surface area contributed by atoms with E-state index in [9.17, 15) is 0 Å². The van der Waals surface area contributed by atoms with Crippen LogP contribution in [0.1, 0.15) is 5.56 Å². The summed E-state index contributed by atoms with van der Waals surface area (Å²) in [5.74, 6) is 0. The van der Waals surface area contributed by atoms with Gasteiger partial charge in [0, 0.05) is 19.4 Å². The van der Waals surface area contributed by atoms with Gasteiger partial charge in [-0.3, -0.25) is 4.98 Å². The van der Waals surface area contributed by atoms with E-state index in [-0.39, 0.29) is 0 Å². The molecule has 9 heavy (non-hydrogen) atoms. The Kier molecular flexibility index (Phi) is 1.68. The van der Waals surface area contributed by atoms with Crippen LogP contribution >= 0.6 is 0 Å². The molecular weight excluding hydrogens is 112 g/mol. The first-order valence-corrected chi connectivity index (χ1v) is 2.92. The third-order valence-electron chi connectivity index (χ3n) is 1.16. The van der Waals surface area contributed by atoms with Gasteiger partial charge in [-0.15, -0.1) is 0 Å². The summed E-state index contributed by atoms with van der Waals surface area (Å²) >= 11 is 0. The van der Waals surface area contributed by atoms with Crippen LogP contribution in [0.2, 0.25) is 0 Å². The number of pyridine rings is 1. The molecule has 0 aliphatic heterocycles. The van der Waals surface area contributed by atoms with E-state index in [4.69, 9.17) is 0 Å². The number of nitrogens with one attached hydrogen (secondary N) is 1. The lowest BCUT2D eigenvalue weighted by Gasteiger charge is -1.97. The number of hydrogen-bond donors (Lipinski definition) is 1. The van der Waals surface area contributed by atoms with Crippen molar-refractivity contribution < 1.29 is 0 Å². The molecule has 2 heteroatoms. The largest absolute Gasteiger partial charge is 0.387 e. The normalized spacial score (nSPS) is 9.11. The van der Waals surface area contributed by atoms with Crippen LogP contribution in [0.25, 0.3) is 0 Å². The molecule has 0 unspecified atom stereocenters. The minimum absolute atomic E-state index is 1.06. The average Bonchev–Trinajstić information content (AvgIpc) is 1.88. The average molecular weight is 122 g/mol. The maximum Gasteiger partial charge on any atom is 0.0526 e. The van der Waals surface area contributed by atoms with Crippen LogP contribution < -0.4 is 5.32 Å². The van der Waals surface area contributed by atoms with E-state index in [0.717, 1.165) is 5.69 Å². The van der Waals surface area contributed by atoms with E-state index >= 15 is 0 Å². The number of aryl methyl sites for hydroxylation is 1. The quantitative estimate of drug-likeness (QED) is 0.609. The van der Waals surface area contributed by atoms with Gasteiger partial charge >= 0.3 is 0 Å². The summed E-state index contributed by atoms with van der Waals surface area (Å²) in [4.78, 5) is 3.99. The van der Waals surface area contributed by atoms with Gasteiger partial charge in [-0.2, -0.15) is 0 Å². The molecule has 0 amide bonds. The molecular formula is C7H10N2. The minimum atomic E-state index is 1.06. The molecule has 48 valence electrons. The highest BCUT2D eigenvalue weighted by Crippen LogP contribution is 2.04. The van der Waals surface area contributed by atoms with Crippen LogP contribution in [0.3, 0.4) is 0 Å². The molecule has 0 aliphatic carbocycles. The van der Waals surface area contributed by atoms with Gasteiger partial charge in [-0.1, -0.05) is 0 Å². The number of rotatable bonds is 1. The molecule has 0 saturated heterocycles.